The lowest BCUT2D eigenvalue weighted by molar-refractivity contribution is 0.0923. The van der Waals surface area contributed by atoms with Crippen LogP contribution in [-0.4, -0.2) is 5.78 Å². The highest BCUT2D eigenvalue weighted by molar-refractivity contribution is 9.10. The Balaban J connectivity index is 2.90. The first-order chi connectivity index (χ1) is 7.04. The van der Waals surface area contributed by atoms with Gasteiger partial charge in [-0.25, -0.2) is 0 Å². The van der Waals surface area contributed by atoms with Crippen LogP contribution in [0.5, 0.6) is 0 Å². The highest BCUT2D eigenvalue weighted by atomic mass is 79.9. The predicted octanol–water partition coefficient (Wildman–Crippen LogP) is 3.65. The van der Waals surface area contributed by atoms with E-state index in [0.29, 0.717) is 11.3 Å². The molecular formula is C12H16BrNO. The highest BCUT2D eigenvalue weighted by Gasteiger charge is 2.14. The van der Waals surface area contributed by atoms with Crippen molar-refractivity contribution in [1.82, 2.24) is 0 Å². The van der Waals surface area contributed by atoms with Crippen LogP contribution >= 0.6 is 15.9 Å². The van der Waals surface area contributed by atoms with Crippen molar-refractivity contribution in [3.63, 3.8) is 0 Å². The van der Waals surface area contributed by atoms with Gasteiger partial charge in [-0.3, -0.25) is 4.79 Å². The zero-order valence-corrected chi connectivity index (χ0v) is 10.7. The molecule has 0 spiro atoms. The van der Waals surface area contributed by atoms with E-state index in [9.17, 15) is 4.79 Å². The summed E-state index contributed by atoms with van der Waals surface area (Å²) in [7, 11) is 0. The third-order valence-corrected chi connectivity index (χ3v) is 2.83. The number of hydrogen-bond acceptors (Lipinski definition) is 2. The molecule has 0 saturated heterocycles. The van der Waals surface area contributed by atoms with Crippen LogP contribution in [0.3, 0.4) is 0 Å². The van der Waals surface area contributed by atoms with Gasteiger partial charge < -0.3 is 5.73 Å². The van der Waals surface area contributed by atoms with Gasteiger partial charge in [0.2, 0.25) is 0 Å². The van der Waals surface area contributed by atoms with E-state index in [1.165, 1.54) is 0 Å². The van der Waals surface area contributed by atoms with Crippen LogP contribution in [0.25, 0.3) is 0 Å². The molecule has 2 N–H and O–H groups in total. The molecule has 0 amide bonds. The van der Waals surface area contributed by atoms with E-state index < -0.39 is 0 Å². The molecule has 3 heteroatoms. The molecule has 0 fully saturated rings. The number of Topliss-reactive ketones (excluding diaryl/α,β-unsaturated/α-hetero) is 1. The van der Waals surface area contributed by atoms with Crippen LogP contribution in [-0.2, 0) is 0 Å². The Hall–Kier alpha value is -0.830. The molecule has 0 radical (unpaired) electrons. The number of rotatable bonds is 4. The molecule has 15 heavy (non-hydrogen) atoms. The average Bonchev–Trinajstić information content (AvgIpc) is 2.15. The third kappa shape index (κ3) is 3.34. The van der Waals surface area contributed by atoms with Crippen LogP contribution in [0.1, 0.15) is 37.0 Å². The summed E-state index contributed by atoms with van der Waals surface area (Å²) in [6.07, 6.45) is 1.95. The minimum absolute atomic E-state index is 0.0729. The quantitative estimate of drug-likeness (QED) is 0.670. The fourth-order valence-electron chi connectivity index (χ4n) is 1.60. The van der Waals surface area contributed by atoms with Crippen LogP contribution < -0.4 is 5.73 Å². The average molecular weight is 270 g/mol. The molecule has 0 heterocycles. The first-order valence-electron chi connectivity index (χ1n) is 5.15. The van der Waals surface area contributed by atoms with Crippen molar-refractivity contribution < 1.29 is 4.79 Å². The molecular weight excluding hydrogens is 254 g/mol. The predicted molar refractivity (Wildman–Crippen MR) is 67.0 cm³/mol. The van der Waals surface area contributed by atoms with Gasteiger partial charge in [0, 0.05) is 21.6 Å². The van der Waals surface area contributed by atoms with Crippen LogP contribution in [0, 0.1) is 5.92 Å². The van der Waals surface area contributed by atoms with Gasteiger partial charge in [0.15, 0.2) is 5.78 Å². The maximum Gasteiger partial charge on any atom is 0.165 e. The van der Waals surface area contributed by atoms with Gasteiger partial charge in [0.25, 0.3) is 0 Å². The molecule has 1 unspecified atom stereocenters. The Bertz CT molecular complexity index is 342. The molecule has 1 atom stereocenters. The van der Waals surface area contributed by atoms with Gasteiger partial charge in [-0.1, -0.05) is 36.2 Å². The number of halogens is 1. The number of benzene rings is 1. The first-order valence-corrected chi connectivity index (χ1v) is 5.94. The van der Waals surface area contributed by atoms with Crippen molar-refractivity contribution in [2.45, 2.75) is 26.7 Å². The summed E-state index contributed by atoms with van der Waals surface area (Å²) in [4.78, 5) is 12.0. The molecule has 82 valence electrons. The zero-order chi connectivity index (χ0) is 11.4. The Morgan fingerprint density at radius 2 is 2.13 bits per heavy atom. The lowest BCUT2D eigenvalue weighted by Crippen LogP contribution is -2.11. The van der Waals surface area contributed by atoms with E-state index in [1.807, 2.05) is 13.0 Å². The van der Waals surface area contributed by atoms with Crippen LogP contribution in [0.2, 0.25) is 0 Å². The number of carbonyl (C=O) groups excluding carboxylic acids is 1. The summed E-state index contributed by atoms with van der Waals surface area (Å²) >= 11 is 3.34. The van der Waals surface area contributed by atoms with Gasteiger partial charge in [-0.05, 0) is 24.6 Å². The number of carbonyl (C=O) groups is 1. The van der Waals surface area contributed by atoms with E-state index in [2.05, 4.69) is 22.9 Å². The maximum absolute atomic E-state index is 12.0. The van der Waals surface area contributed by atoms with E-state index in [1.54, 1.807) is 12.1 Å². The smallest absolute Gasteiger partial charge is 0.165 e. The number of ketones is 1. The van der Waals surface area contributed by atoms with Crippen molar-refractivity contribution in [2.24, 2.45) is 5.92 Å². The Kier molecular flexibility index (Phi) is 4.33. The number of nitrogen functional groups attached to an aromatic ring is 1. The maximum atomic E-state index is 12.0. The summed E-state index contributed by atoms with van der Waals surface area (Å²) in [6, 6.07) is 5.35. The topological polar surface area (TPSA) is 43.1 Å². The standard InChI is InChI=1S/C12H16BrNO/c1-3-4-8(2)12(15)9-5-10(13)7-11(14)6-9/h5-8H,3-4,14H2,1-2H3. The zero-order valence-electron chi connectivity index (χ0n) is 9.09. The molecule has 1 aromatic rings. The SMILES string of the molecule is CCCC(C)C(=O)c1cc(N)cc(Br)c1. The first kappa shape index (κ1) is 12.2. The fourth-order valence-corrected chi connectivity index (χ4v) is 2.11. The fraction of sp³-hybridized carbons (Fsp3) is 0.417. The second kappa shape index (κ2) is 5.31. The molecule has 0 aliphatic heterocycles. The highest BCUT2D eigenvalue weighted by Crippen LogP contribution is 2.21. The molecule has 0 saturated carbocycles. The summed E-state index contributed by atoms with van der Waals surface area (Å²) in [5.74, 6) is 0.244. The summed E-state index contributed by atoms with van der Waals surface area (Å²) in [5, 5.41) is 0. The third-order valence-electron chi connectivity index (χ3n) is 2.37. The minimum Gasteiger partial charge on any atom is -0.399 e. The van der Waals surface area contributed by atoms with E-state index in [-0.39, 0.29) is 11.7 Å². The monoisotopic (exact) mass is 269 g/mol. The van der Waals surface area contributed by atoms with Gasteiger partial charge in [-0.15, -0.1) is 0 Å². The van der Waals surface area contributed by atoms with Crippen molar-refractivity contribution >= 4 is 27.4 Å². The van der Waals surface area contributed by atoms with Crippen LogP contribution in [0.4, 0.5) is 5.69 Å². The molecule has 0 aromatic heterocycles. The normalized spacial score (nSPS) is 12.5. The number of hydrogen-bond donors (Lipinski definition) is 1. The Morgan fingerprint density at radius 3 is 2.67 bits per heavy atom. The molecule has 0 aliphatic carbocycles. The number of nitrogens with two attached hydrogens (primary N) is 1. The minimum atomic E-state index is 0.0729. The van der Waals surface area contributed by atoms with Crippen molar-refractivity contribution in [3.05, 3.63) is 28.2 Å². The van der Waals surface area contributed by atoms with Crippen molar-refractivity contribution in [3.8, 4) is 0 Å². The Morgan fingerprint density at radius 1 is 1.47 bits per heavy atom. The molecule has 1 rings (SSSR count). The van der Waals surface area contributed by atoms with E-state index in [4.69, 9.17) is 5.73 Å². The summed E-state index contributed by atoms with van der Waals surface area (Å²) < 4.78 is 0.856. The van der Waals surface area contributed by atoms with Gasteiger partial charge in [0.1, 0.15) is 0 Å². The largest absolute Gasteiger partial charge is 0.399 e. The second-order valence-electron chi connectivity index (χ2n) is 3.83. The molecule has 2 nitrogen and oxygen atoms in total. The Labute approximate surface area is 99.0 Å². The van der Waals surface area contributed by atoms with Crippen LogP contribution in [0.15, 0.2) is 22.7 Å². The number of anilines is 1. The van der Waals surface area contributed by atoms with E-state index >= 15 is 0 Å². The van der Waals surface area contributed by atoms with E-state index in [0.717, 1.165) is 17.3 Å². The lowest BCUT2D eigenvalue weighted by Gasteiger charge is -2.09. The molecule has 0 aliphatic rings. The summed E-state index contributed by atoms with van der Waals surface area (Å²) in [6.45, 7) is 4.04. The summed E-state index contributed by atoms with van der Waals surface area (Å²) in [5.41, 5.74) is 7.01. The molecule has 1 aromatic carbocycles. The molecule has 0 bridgehead atoms. The van der Waals surface area contributed by atoms with Gasteiger partial charge in [0.05, 0.1) is 0 Å². The van der Waals surface area contributed by atoms with Gasteiger partial charge >= 0.3 is 0 Å². The lowest BCUT2D eigenvalue weighted by atomic mass is 9.95. The van der Waals surface area contributed by atoms with Gasteiger partial charge in [-0.2, -0.15) is 0 Å². The second-order valence-corrected chi connectivity index (χ2v) is 4.74. The van der Waals surface area contributed by atoms with Crippen molar-refractivity contribution in [1.29, 1.82) is 0 Å². The van der Waals surface area contributed by atoms with Crippen molar-refractivity contribution in [2.75, 3.05) is 5.73 Å².